The Morgan fingerprint density at radius 2 is 1.67 bits per heavy atom. The lowest BCUT2D eigenvalue weighted by Gasteiger charge is -2.02. The topological polar surface area (TPSA) is 145 Å². The van der Waals surface area contributed by atoms with Crippen LogP contribution >= 0.6 is 0 Å². The van der Waals surface area contributed by atoms with Gasteiger partial charge in [-0.05, 0) is 12.1 Å². The molecule has 18 heavy (non-hydrogen) atoms. The standard InChI is InChI=1S/C9H10N4O4S/c10-8(11)13-18(16,17)9(15)12-7(14)6-4-2-1-3-5-6/h1-5H,(H4,10,11,13)(H,12,14,15). The summed E-state index contributed by atoms with van der Waals surface area (Å²) in [6, 6.07) is 7.61. The number of imide groups is 1. The Hall–Kier alpha value is -2.42. The highest BCUT2D eigenvalue weighted by Crippen LogP contribution is 2.00. The largest absolute Gasteiger partial charge is 0.369 e. The van der Waals surface area contributed by atoms with Crippen molar-refractivity contribution in [2.24, 2.45) is 15.9 Å². The van der Waals surface area contributed by atoms with E-state index in [1.165, 1.54) is 12.1 Å². The van der Waals surface area contributed by atoms with Gasteiger partial charge in [0.15, 0.2) is 0 Å². The number of nitrogens with zero attached hydrogens (tertiary/aromatic N) is 1. The van der Waals surface area contributed by atoms with Gasteiger partial charge in [-0.2, -0.15) is 8.42 Å². The maximum atomic E-state index is 11.5. The number of carbonyl (C=O) groups excluding carboxylic acids is 2. The molecule has 9 heteroatoms. The highest BCUT2D eigenvalue weighted by Gasteiger charge is 2.24. The minimum atomic E-state index is -4.60. The monoisotopic (exact) mass is 270 g/mol. The first kappa shape index (κ1) is 13.6. The van der Waals surface area contributed by atoms with Crippen LogP contribution in [0.15, 0.2) is 34.7 Å². The van der Waals surface area contributed by atoms with Crippen LogP contribution < -0.4 is 16.8 Å². The van der Waals surface area contributed by atoms with Crippen molar-refractivity contribution < 1.29 is 18.0 Å². The zero-order valence-corrected chi connectivity index (χ0v) is 9.85. The van der Waals surface area contributed by atoms with Crippen LogP contribution in [0.3, 0.4) is 0 Å². The Morgan fingerprint density at radius 3 is 2.17 bits per heavy atom. The van der Waals surface area contributed by atoms with Gasteiger partial charge in [-0.15, -0.1) is 4.40 Å². The third-order valence-electron chi connectivity index (χ3n) is 1.71. The number of hydrogen-bond donors (Lipinski definition) is 3. The van der Waals surface area contributed by atoms with Gasteiger partial charge in [0.2, 0.25) is 5.96 Å². The highest BCUT2D eigenvalue weighted by atomic mass is 32.2. The smallest absolute Gasteiger partial charge is 0.365 e. The molecule has 1 aromatic rings. The quantitative estimate of drug-likeness (QED) is 0.471. The van der Waals surface area contributed by atoms with E-state index in [9.17, 15) is 18.0 Å². The number of amides is 2. The van der Waals surface area contributed by atoms with Crippen molar-refractivity contribution in [1.29, 1.82) is 0 Å². The molecule has 1 rings (SSSR count). The number of guanidine groups is 1. The zero-order valence-electron chi connectivity index (χ0n) is 9.03. The summed E-state index contributed by atoms with van der Waals surface area (Å²) in [5.74, 6) is -1.66. The van der Waals surface area contributed by atoms with Crippen LogP contribution in [0.1, 0.15) is 10.4 Å². The fourth-order valence-corrected chi connectivity index (χ4v) is 1.58. The maximum absolute atomic E-state index is 11.5. The average molecular weight is 270 g/mol. The lowest BCUT2D eigenvalue weighted by Crippen LogP contribution is -2.35. The Bertz CT molecular complexity index is 590. The van der Waals surface area contributed by atoms with Crippen LogP contribution in [-0.2, 0) is 10.0 Å². The fraction of sp³-hybridized carbons (Fsp3) is 0. The first-order chi connectivity index (χ1) is 8.33. The highest BCUT2D eigenvalue weighted by molar-refractivity contribution is 8.05. The van der Waals surface area contributed by atoms with Gasteiger partial charge >= 0.3 is 15.3 Å². The molecular formula is C9H10N4O4S. The van der Waals surface area contributed by atoms with Gasteiger partial charge in [0.1, 0.15) is 0 Å². The van der Waals surface area contributed by atoms with E-state index in [2.05, 4.69) is 4.40 Å². The third-order valence-corrected chi connectivity index (χ3v) is 2.73. The van der Waals surface area contributed by atoms with Crippen molar-refractivity contribution in [3.63, 3.8) is 0 Å². The molecule has 0 aliphatic rings. The second-order valence-electron chi connectivity index (χ2n) is 3.10. The van der Waals surface area contributed by atoms with Crippen molar-refractivity contribution in [3.8, 4) is 0 Å². The molecule has 0 atom stereocenters. The number of nitrogens with two attached hydrogens (primary N) is 2. The first-order valence-electron chi connectivity index (χ1n) is 4.59. The van der Waals surface area contributed by atoms with E-state index in [-0.39, 0.29) is 5.56 Å². The van der Waals surface area contributed by atoms with Gasteiger partial charge in [-0.1, -0.05) is 18.2 Å². The van der Waals surface area contributed by atoms with Crippen molar-refractivity contribution in [2.75, 3.05) is 0 Å². The van der Waals surface area contributed by atoms with E-state index in [1.807, 2.05) is 0 Å². The summed E-state index contributed by atoms with van der Waals surface area (Å²) in [6.07, 6.45) is 0. The lowest BCUT2D eigenvalue weighted by molar-refractivity contribution is 0.0969. The van der Waals surface area contributed by atoms with Crippen molar-refractivity contribution in [3.05, 3.63) is 35.9 Å². The number of hydrogen-bond acceptors (Lipinski definition) is 4. The van der Waals surface area contributed by atoms with E-state index in [1.54, 1.807) is 23.5 Å². The molecule has 0 heterocycles. The van der Waals surface area contributed by atoms with Crippen LogP contribution in [-0.4, -0.2) is 25.5 Å². The molecule has 8 nitrogen and oxygen atoms in total. The number of benzene rings is 1. The van der Waals surface area contributed by atoms with Gasteiger partial charge in [-0.25, -0.2) is 0 Å². The van der Waals surface area contributed by atoms with Gasteiger partial charge < -0.3 is 11.5 Å². The summed E-state index contributed by atoms with van der Waals surface area (Å²) < 4.78 is 25.1. The minimum Gasteiger partial charge on any atom is -0.369 e. The Kier molecular flexibility index (Phi) is 4.00. The predicted molar refractivity (Wildman–Crippen MR) is 64.0 cm³/mol. The number of sulfonamides is 1. The number of carbonyl (C=O) groups is 2. The summed E-state index contributed by atoms with van der Waals surface area (Å²) in [7, 11) is -4.60. The predicted octanol–water partition coefficient (Wildman–Crippen LogP) is -0.860. The van der Waals surface area contributed by atoms with E-state index in [4.69, 9.17) is 11.5 Å². The molecule has 0 bridgehead atoms. The molecule has 0 aliphatic heterocycles. The van der Waals surface area contributed by atoms with E-state index < -0.39 is 27.1 Å². The molecular weight excluding hydrogens is 260 g/mol. The molecule has 96 valence electrons. The second-order valence-corrected chi connectivity index (χ2v) is 4.60. The maximum Gasteiger partial charge on any atom is 0.365 e. The second kappa shape index (κ2) is 5.27. The van der Waals surface area contributed by atoms with E-state index in [0.717, 1.165) is 0 Å². The SMILES string of the molecule is NC(N)=NS(=O)(=O)C(=O)NC(=O)c1ccccc1. The summed E-state index contributed by atoms with van der Waals surface area (Å²) in [4.78, 5) is 22.7. The average Bonchev–Trinajstić information content (AvgIpc) is 2.28. The van der Waals surface area contributed by atoms with Crippen molar-refractivity contribution in [2.45, 2.75) is 0 Å². The molecule has 2 amide bonds. The van der Waals surface area contributed by atoms with Gasteiger partial charge in [0.05, 0.1) is 0 Å². The fourth-order valence-electron chi connectivity index (χ4n) is 0.999. The molecule has 0 radical (unpaired) electrons. The van der Waals surface area contributed by atoms with Crippen LogP contribution in [0.4, 0.5) is 4.79 Å². The Labute approximate surface area is 103 Å². The molecule has 0 fully saturated rings. The summed E-state index contributed by atoms with van der Waals surface area (Å²) in [6.45, 7) is 0. The molecule has 0 saturated heterocycles. The summed E-state index contributed by atoms with van der Waals surface area (Å²) in [5.41, 5.74) is 9.81. The normalized spacial score (nSPS) is 10.4. The Morgan fingerprint density at radius 1 is 1.11 bits per heavy atom. The van der Waals surface area contributed by atoms with Gasteiger partial charge in [-0.3, -0.25) is 14.9 Å². The van der Waals surface area contributed by atoms with Crippen LogP contribution in [0.2, 0.25) is 0 Å². The lowest BCUT2D eigenvalue weighted by atomic mass is 10.2. The molecule has 0 spiro atoms. The molecule has 5 N–H and O–H groups in total. The minimum absolute atomic E-state index is 0.130. The van der Waals surface area contributed by atoms with E-state index >= 15 is 0 Å². The van der Waals surface area contributed by atoms with Crippen molar-refractivity contribution in [1.82, 2.24) is 5.32 Å². The molecule has 0 aliphatic carbocycles. The summed E-state index contributed by atoms with van der Waals surface area (Å²) in [5, 5.41) is 0.0650. The van der Waals surface area contributed by atoms with Crippen LogP contribution in [0.5, 0.6) is 0 Å². The number of rotatable bonds is 2. The number of nitrogens with one attached hydrogen (secondary N) is 1. The van der Waals surface area contributed by atoms with Crippen LogP contribution in [0, 0.1) is 0 Å². The zero-order chi connectivity index (χ0) is 13.8. The molecule has 0 unspecified atom stereocenters. The first-order valence-corrected chi connectivity index (χ1v) is 6.03. The van der Waals surface area contributed by atoms with E-state index in [0.29, 0.717) is 0 Å². The molecule has 0 aromatic heterocycles. The van der Waals surface area contributed by atoms with Gasteiger partial charge in [0.25, 0.3) is 5.91 Å². The summed E-state index contributed by atoms with van der Waals surface area (Å²) >= 11 is 0. The van der Waals surface area contributed by atoms with Crippen LogP contribution in [0.25, 0.3) is 0 Å². The molecule has 0 saturated carbocycles. The molecule has 1 aromatic carbocycles. The third kappa shape index (κ3) is 3.56. The Balaban J connectivity index is 2.85. The van der Waals surface area contributed by atoms with Crippen molar-refractivity contribution >= 4 is 27.1 Å². The van der Waals surface area contributed by atoms with Gasteiger partial charge in [0, 0.05) is 5.56 Å².